The largest absolute Gasteiger partial charge is 0.486 e. The summed E-state index contributed by atoms with van der Waals surface area (Å²) in [5.74, 6) is 1.37. The molecule has 0 aliphatic rings. The van der Waals surface area contributed by atoms with Crippen LogP contribution >= 0.6 is 0 Å². The fourth-order valence-corrected chi connectivity index (χ4v) is 1.99. The molecule has 0 saturated carbocycles. The molecule has 0 aliphatic carbocycles. The number of rotatable bonds is 7. The number of hydrogen-bond acceptors (Lipinski definition) is 2. The standard InChI is InChI=1S/C18H22N2O/c1-2-12-20-18(19)14-21-17-10-8-16(9-11-17)13-15-6-4-3-5-7-15/h3-11H,2,12-14H2,1H3,(H2,19,20). The molecule has 0 bridgehead atoms. The third-order valence-electron chi connectivity index (χ3n) is 3.10. The van der Waals surface area contributed by atoms with Gasteiger partial charge in [0.1, 0.15) is 18.2 Å². The number of ether oxygens (including phenoxy) is 1. The minimum absolute atomic E-state index is 0.345. The monoisotopic (exact) mass is 282 g/mol. The lowest BCUT2D eigenvalue weighted by atomic mass is 10.1. The maximum absolute atomic E-state index is 5.76. The molecule has 0 heterocycles. The molecule has 0 spiro atoms. The van der Waals surface area contributed by atoms with Gasteiger partial charge < -0.3 is 10.5 Å². The number of nitrogens with zero attached hydrogens (tertiary/aromatic N) is 1. The predicted molar refractivity (Wildman–Crippen MR) is 88.0 cm³/mol. The molecule has 2 rings (SSSR count). The Morgan fingerprint density at radius 1 is 1.00 bits per heavy atom. The zero-order valence-corrected chi connectivity index (χ0v) is 12.5. The Balaban J connectivity index is 1.87. The zero-order chi connectivity index (χ0) is 14.9. The molecule has 3 heteroatoms. The minimum Gasteiger partial charge on any atom is -0.486 e. The topological polar surface area (TPSA) is 47.6 Å². The molecule has 110 valence electrons. The second-order valence-corrected chi connectivity index (χ2v) is 4.97. The molecule has 2 aromatic rings. The van der Waals surface area contributed by atoms with E-state index in [2.05, 4.69) is 48.3 Å². The van der Waals surface area contributed by atoms with Crippen LogP contribution in [0.25, 0.3) is 0 Å². The molecular weight excluding hydrogens is 260 g/mol. The molecule has 0 amide bonds. The molecule has 0 aliphatic heterocycles. The fraction of sp³-hybridized carbons (Fsp3) is 0.278. The highest BCUT2D eigenvalue weighted by molar-refractivity contribution is 5.81. The van der Waals surface area contributed by atoms with Crippen molar-refractivity contribution >= 4 is 5.84 Å². The Morgan fingerprint density at radius 2 is 1.67 bits per heavy atom. The molecule has 0 fully saturated rings. The van der Waals surface area contributed by atoms with Crippen LogP contribution in [0.5, 0.6) is 5.75 Å². The van der Waals surface area contributed by atoms with E-state index in [4.69, 9.17) is 10.5 Å². The van der Waals surface area contributed by atoms with Crippen molar-refractivity contribution in [1.82, 2.24) is 0 Å². The first-order valence-electron chi connectivity index (χ1n) is 7.32. The summed E-state index contributed by atoms with van der Waals surface area (Å²) in [5.41, 5.74) is 8.34. The van der Waals surface area contributed by atoms with Crippen LogP contribution in [-0.4, -0.2) is 19.0 Å². The van der Waals surface area contributed by atoms with Gasteiger partial charge in [0.15, 0.2) is 0 Å². The van der Waals surface area contributed by atoms with Gasteiger partial charge in [-0.2, -0.15) is 0 Å². The van der Waals surface area contributed by atoms with Crippen LogP contribution in [0.4, 0.5) is 0 Å². The molecular formula is C18H22N2O. The average molecular weight is 282 g/mol. The van der Waals surface area contributed by atoms with E-state index in [0.29, 0.717) is 12.4 Å². The van der Waals surface area contributed by atoms with Gasteiger partial charge >= 0.3 is 0 Å². The molecule has 0 saturated heterocycles. The van der Waals surface area contributed by atoms with Crippen LogP contribution in [0.2, 0.25) is 0 Å². The first-order chi connectivity index (χ1) is 10.3. The Bertz CT molecular complexity index is 562. The molecule has 3 nitrogen and oxygen atoms in total. The first-order valence-corrected chi connectivity index (χ1v) is 7.32. The van der Waals surface area contributed by atoms with E-state index < -0.39 is 0 Å². The highest BCUT2D eigenvalue weighted by Gasteiger charge is 1.99. The van der Waals surface area contributed by atoms with Crippen LogP contribution in [0.15, 0.2) is 59.6 Å². The summed E-state index contributed by atoms with van der Waals surface area (Å²) >= 11 is 0. The Hall–Kier alpha value is -2.29. The molecule has 0 unspecified atom stereocenters. The lowest BCUT2D eigenvalue weighted by Crippen LogP contribution is -2.21. The summed E-state index contributed by atoms with van der Waals surface area (Å²) in [7, 11) is 0. The van der Waals surface area contributed by atoms with Crippen molar-refractivity contribution in [2.45, 2.75) is 19.8 Å². The lowest BCUT2D eigenvalue weighted by Gasteiger charge is -2.07. The lowest BCUT2D eigenvalue weighted by molar-refractivity contribution is 0.374. The van der Waals surface area contributed by atoms with E-state index in [1.807, 2.05) is 18.2 Å². The zero-order valence-electron chi connectivity index (χ0n) is 12.5. The quantitative estimate of drug-likeness (QED) is 0.625. The third-order valence-corrected chi connectivity index (χ3v) is 3.10. The number of aliphatic imine (C=N–C) groups is 1. The van der Waals surface area contributed by atoms with Crippen molar-refractivity contribution in [2.75, 3.05) is 13.2 Å². The summed E-state index contributed by atoms with van der Waals surface area (Å²) in [6.45, 7) is 3.17. The normalized spacial score (nSPS) is 11.4. The maximum atomic E-state index is 5.76. The first kappa shape index (κ1) is 15.1. The van der Waals surface area contributed by atoms with Crippen molar-refractivity contribution in [3.05, 3.63) is 65.7 Å². The van der Waals surface area contributed by atoms with Gasteiger partial charge in [0, 0.05) is 6.54 Å². The minimum atomic E-state index is 0.345. The maximum Gasteiger partial charge on any atom is 0.145 e. The van der Waals surface area contributed by atoms with Crippen molar-refractivity contribution < 1.29 is 4.74 Å². The Labute approximate surface area is 126 Å². The van der Waals surface area contributed by atoms with Gasteiger partial charge in [-0.3, -0.25) is 4.99 Å². The molecule has 2 N–H and O–H groups in total. The SMILES string of the molecule is CCCN=C(N)COc1ccc(Cc2ccccc2)cc1. The van der Waals surface area contributed by atoms with Crippen molar-refractivity contribution in [2.24, 2.45) is 10.7 Å². The van der Waals surface area contributed by atoms with Gasteiger partial charge in [0.2, 0.25) is 0 Å². The van der Waals surface area contributed by atoms with Gasteiger partial charge in [-0.05, 0) is 36.1 Å². The molecule has 21 heavy (non-hydrogen) atoms. The van der Waals surface area contributed by atoms with E-state index in [9.17, 15) is 0 Å². The van der Waals surface area contributed by atoms with E-state index in [0.717, 1.165) is 25.1 Å². The van der Waals surface area contributed by atoms with Gasteiger partial charge in [-0.25, -0.2) is 0 Å². The number of amidine groups is 1. The van der Waals surface area contributed by atoms with Crippen molar-refractivity contribution in [1.29, 1.82) is 0 Å². The van der Waals surface area contributed by atoms with Crippen molar-refractivity contribution in [3.8, 4) is 5.75 Å². The van der Waals surface area contributed by atoms with E-state index in [-0.39, 0.29) is 0 Å². The van der Waals surface area contributed by atoms with Gasteiger partial charge in [-0.1, -0.05) is 49.4 Å². The van der Waals surface area contributed by atoms with Gasteiger partial charge in [0.25, 0.3) is 0 Å². The molecule has 0 radical (unpaired) electrons. The fourth-order valence-electron chi connectivity index (χ4n) is 1.99. The van der Waals surface area contributed by atoms with Crippen LogP contribution in [0.3, 0.4) is 0 Å². The third kappa shape index (κ3) is 5.30. The van der Waals surface area contributed by atoms with Gasteiger partial charge in [-0.15, -0.1) is 0 Å². The smallest absolute Gasteiger partial charge is 0.145 e. The summed E-state index contributed by atoms with van der Waals surface area (Å²) in [6, 6.07) is 18.5. The Morgan fingerprint density at radius 3 is 2.33 bits per heavy atom. The van der Waals surface area contributed by atoms with Crippen LogP contribution < -0.4 is 10.5 Å². The highest BCUT2D eigenvalue weighted by Crippen LogP contribution is 2.15. The van der Waals surface area contributed by atoms with E-state index in [1.54, 1.807) is 0 Å². The van der Waals surface area contributed by atoms with Crippen LogP contribution in [0, 0.1) is 0 Å². The number of nitrogens with two attached hydrogens (primary N) is 1. The van der Waals surface area contributed by atoms with E-state index >= 15 is 0 Å². The van der Waals surface area contributed by atoms with Crippen LogP contribution in [-0.2, 0) is 6.42 Å². The molecule has 0 aromatic heterocycles. The van der Waals surface area contributed by atoms with Gasteiger partial charge in [0.05, 0.1) is 0 Å². The summed E-state index contributed by atoms with van der Waals surface area (Å²) < 4.78 is 5.61. The van der Waals surface area contributed by atoms with Crippen LogP contribution in [0.1, 0.15) is 24.5 Å². The second kappa shape index (κ2) is 8.10. The summed E-state index contributed by atoms with van der Waals surface area (Å²) in [5, 5.41) is 0. The molecule has 2 aromatic carbocycles. The van der Waals surface area contributed by atoms with Crippen molar-refractivity contribution in [3.63, 3.8) is 0 Å². The highest BCUT2D eigenvalue weighted by atomic mass is 16.5. The number of hydrogen-bond donors (Lipinski definition) is 1. The Kier molecular flexibility index (Phi) is 5.83. The second-order valence-electron chi connectivity index (χ2n) is 4.97. The molecule has 0 atom stereocenters. The average Bonchev–Trinajstić information content (AvgIpc) is 2.53. The predicted octanol–water partition coefficient (Wildman–Crippen LogP) is 3.42. The summed E-state index contributed by atoms with van der Waals surface area (Å²) in [6.07, 6.45) is 1.93. The summed E-state index contributed by atoms with van der Waals surface area (Å²) in [4.78, 5) is 4.20. The number of benzene rings is 2. The van der Waals surface area contributed by atoms with E-state index in [1.165, 1.54) is 11.1 Å².